The molecule has 2 amide bonds. The molecule has 0 aliphatic carbocycles. The number of nitrogens with zero attached hydrogens (tertiary/aromatic N) is 1. The summed E-state index contributed by atoms with van der Waals surface area (Å²) in [5, 5.41) is 15.7. The minimum atomic E-state index is -1.35. The normalized spacial score (nSPS) is 17.2. The van der Waals surface area contributed by atoms with E-state index in [-0.39, 0.29) is 25.8 Å². The summed E-state index contributed by atoms with van der Waals surface area (Å²) in [6.45, 7) is -0.158. The number of para-hydroxylation sites is 2. The summed E-state index contributed by atoms with van der Waals surface area (Å²) >= 11 is 12.4. The van der Waals surface area contributed by atoms with E-state index in [0.717, 1.165) is 5.52 Å². The number of anilines is 1. The lowest BCUT2D eigenvalue weighted by molar-refractivity contribution is -0.144. The Kier molecular flexibility index (Phi) is 8.70. The van der Waals surface area contributed by atoms with Crippen LogP contribution in [-0.2, 0) is 36.9 Å². The van der Waals surface area contributed by atoms with E-state index in [2.05, 4.69) is 20.6 Å². The Morgan fingerprint density at radius 3 is 2.34 bits per heavy atom. The fourth-order valence-electron chi connectivity index (χ4n) is 4.22. The van der Waals surface area contributed by atoms with E-state index in [1.807, 2.05) is 12.1 Å². The summed E-state index contributed by atoms with van der Waals surface area (Å²) < 4.78 is 16.4. The molecule has 41 heavy (non-hydrogen) atoms. The van der Waals surface area contributed by atoms with Gasteiger partial charge in [-0.25, -0.2) is 9.78 Å². The monoisotopic (exact) mass is 598 g/mol. The first-order valence-electron chi connectivity index (χ1n) is 12.4. The van der Waals surface area contributed by atoms with E-state index in [1.54, 1.807) is 54.6 Å². The molecule has 1 saturated heterocycles. The number of benzene rings is 3. The van der Waals surface area contributed by atoms with Crippen molar-refractivity contribution in [2.75, 3.05) is 12.1 Å². The van der Waals surface area contributed by atoms with Crippen LogP contribution < -0.4 is 15.4 Å². The van der Waals surface area contributed by atoms with Crippen LogP contribution >= 0.6 is 23.2 Å². The third-order valence-electron chi connectivity index (χ3n) is 6.34. The second-order valence-electron chi connectivity index (χ2n) is 9.12. The van der Waals surface area contributed by atoms with Crippen molar-refractivity contribution in [1.82, 2.24) is 15.3 Å². The Balaban J connectivity index is 1.18. The molecule has 0 radical (unpaired) electrons. The lowest BCUT2D eigenvalue weighted by Crippen LogP contribution is -2.51. The number of hydrogen-bond acceptors (Lipinski definition) is 7. The molecule has 0 bridgehead atoms. The number of carbonyl (C=O) groups excluding carboxylic acids is 2. The number of aromatic amines is 1. The van der Waals surface area contributed by atoms with Gasteiger partial charge in [0.1, 0.15) is 25.2 Å². The zero-order valence-corrected chi connectivity index (χ0v) is 22.8. The SMILES string of the molecule is O=C(O)C(Cc1ccc(OCc2c(Cl)cccc2Cl)cc1)NC(=O)C1OCOC1C(=O)Nc1nc2ccccc2[nH]1. The number of amides is 2. The van der Waals surface area contributed by atoms with Gasteiger partial charge in [0, 0.05) is 22.0 Å². The average molecular weight is 599 g/mol. The molecule has 3 atom stereocenters. The van der Waals surface area contributed by atoms with E-state index < -0.39 is 36.0 Å². The van der Waals surface area contributed by atoms with Gasteiger partial charge in [0.05, 0.1) is 11.0 Å². The molecule has 2 heterocycles. The molecule has 13 heteroatoms. The van der Waals surface area contributed by atoms with Crippen molar-refractivity contribution in [2.24, 2.45) is 0 Å². The van der Waals surface area contributed by atoms with Crippen LogP contribution in [0.1, 0.15) is 11.1 Å². The number of halogens is 2. The molecule has 0 spiro atoms. The summed E-state index contributed by atoms with van der Waals surface area (Å²) in [5.74, 6) is -2.01. The molecule has 0 saturated carbocycles. The van der Waals surface area contributed by atoms with Gasteiger partial charge in [0.2, 0.25) is 5.95 Å². The molecule has 1 aromatic heterocycles. The number of carboxylic acid groups (broad SMARTS) is 1. The number of aromatic nitrogens is 2. The van der Waals surface area contributed by atoms with Crippen LogP contribution in [0.15, 0.2) is 66.7 Å². The van der Waals surface area contributed by atoms with Gasteiger partial charge in [0.15, 0.2) is 12.2 Å². The maximum absolute atomic E-state index is 13.0. The van der Waals surface area contributed by atoms with E-state index in [4.69, 9.17) is 37.4 Å². The zero-order chi connectivity index (χ0) is 28.9. The number of hydrogen-bond donors (Lipinski definition) is 4. The number of H-pyrrole nitrogens is 1. The third kappa shape index (κ3) is 6.77. The fraction of sp³-hybridized carbons (Fsp3) is 0.214. The van der Waals surface area contributed by atoms with Gasteiger partial charge < -0.3 is 29.6 Å². The summed E-state index contributed by atoms with van der Waals surface area (Å²) in [7, 11) is 0. The summed E-state index contributed by atoms with van der Waals surface area (Å²) in [5.41, 5.74) is 2.64. The third-order valence-corrected chi connectivity index (χ3v) is 7.05. The quantitative estimate of drug-likeness (QED) is 0.214. The molecule has 1 aliphatic heterocycles. The van der Waals surface area contributed by atoms with E-state index in [9.17, 15) is 19.5 Å². The highest BCUT2D eigenvalue weighted by molar-refractivity contribution is 6.35. The van der Waals surface area contributed by atoms with Gasteiger partial charge >= 0.3 is 5.97 Å². The van der Waals surface area contributed by atoms with Gasteiger partial charge in [-0.2, -0.15) is 0 Å². The fourth-order valence-corrected chi connectivity index (χ4v) is 4.73. The van der Waals surface area contributed by atoms with Gasteiger partial charge in [-0.1, -0.05) is 53.5 Å². The zero-order valence-electron chi connectivity index (χ0n) is 21.3. The second kappa shape index (κ2) is 12.6. The number of nitrogens with one attached hydrogen (secondary N) is 3. The predicted octanol–water partition coefficient (Wildman–Crippen LogP) is 3.94. The second-order valence-corrected chi connectivity index (χ2v) is 9.93. The molecule has 4 N–H and O–H groups in total. The summed E-state index contributed by atoms with van der Waals surface area (Å²) in [6, 6.07) is 17.8. The average Bonchev–Trinajstić information content (AvgIpc) is 3.60. The Morgan fingerprint density at radius 2 is 1.66 bits per heavy atom. The largest absolute Gasteiger partial charge is 0.489 e. The molecule has 1 aliphatic rings. The van der Waals surface area contributed by atoms with Crippen molar-refractivity contribution in [3.8, 4) is 5.75 Å². The molecule has 11 nitrogen and oxygen atoms in total. The smallest absolute Gasteiger partial charge is 0.326 e. The van der Waals surface area contributed by atoms with Crippen molar-refractivity contribution in [3.63, 3.8) is 0 Å². The standard InChI is InChI=1S/C28H24Cl2N4O7/c29-18-4-3-5-19(30)17(18)13-39-16-10-8-15(9-11-16)12-22(27(37)38)31-25(35)23-24(41-14-40-23)26(36)34-28-32-20-6-1-2-7-21(20)33-28/h1-11,22-24H,12-14H2,(H,31,35)(H,37,38)(H2,32,33,34,36). The number of ether oxygens (including phenoxy) is 3. The number of rotatable bonds is 10. The van der Waals surface area contributed by atoms with Crippen molar-refractivity contribution < 1.29 is 33.7 Å². The summed E-state index contributed by atoms with van der Waals surface area (Å²) in [4.78, 5) is 45.0. The van der Waals surface area contributed by atoms with Crippen LogP contribution in [-0.4, -0.2) is 57.9 Å². The highest BCUT2D eigenvalue weighted by Crippen LogP contribution is 2.26. The molecule has 5 rings (SSSR count). The molecular weight excluding hydrogens is 575 g/mol. The Bertz CT molecular complexity index is 1520. The van der Waals surface area contributed by atoms with E-state index >= 15 is 0 Å². The number of fused-ring (bicyclic) bond motifs is 1. The van der Waals surface area contributed by atoms with Crippen LogP contribution in [0.3, 0.4) is 0 Å². The highest BCUT2D eigenvalue weighted by atomic mass is 35.5. The maximum atomic E-state index is 13.0. The van der Waals surface area contributed by atoms with Gasteiger partial charge in [0.25, 0.3) is 11.8 Å². The minimum absolute atomic E-state index is 0.0267. The maximum Gasteiger partial charge on any atom is 0.326 e. The van der Waals surface area contributed by atoms with Crippen molar-refractivity contribution >= 4 is 58.0 Å². The van der Waals surface area contributed by atoms with Crippen LogP contribution in [0.5, 0.6) is 5.75 Å². The van der Waals surface area contributed by atoms with Crippen molar-refractivity contribution in [3.05, 3.63) is 87.9 Å². The van der Waals surface area contributed by atoms with Crippen molar-refractivity contribution in [2.45, 2.75) is 31.3 Å². The Labute approximate surface area is 243 Å². The highest BCUT2D eigenvalue weighted by Gasteiger charge is 2.42. The minimum Gasteiger partial charge on any atom is -0.489 e. The first-order valence-corrected chi connectivity index (χ1v) is 13.2. The van der Waals surface area contributed by atoms with Crippen LogP contribution in [0, 0.1) is 0 Å². The molecule has 4 aromatic rings. The van der Waals surface area contributed by atoms with E-state index in [1.165, 1.54) is 0 Å². The molecular formula is C28H24Cl2N4O7. The Morgan fingerprint density at radius 1 is 0.976 bits per heavy atom. The lowest BCUT2D eigenvalue weighted by Gasteiger charge is -2.19. The predicted molar refractivity (Wildman–Crippen MR) is 150 cm³/mol. The topological polar surface area (TPSA) is 152 Å². The van der Waals surface area contributed by atoms with Crippen LogP contribution in [0.25, 0.3) is 11.0 Å². The van der Waals surface area contributed by atoms with Gasteiger partial charge in [-0.15, -0.1) is 0 Å². The van der Waals surface area contributed by atoms with Crippen molar-refractivity contribution in [1.29, 1.82) is 0 Å². The molecule has 3 aromatic carbocycles. The molecule has 212 valence electrons. The molecule has 3 unspecified atom stereocenters. The number of carboxylic acids is 1. The first-order chi connectivity index (χ1) is 19.8. The number of aliphatic carboxylic acids is 1. The Hall–Kier alpha value is -4.16. The summed E-state index contributed by atoms with van der Waals surface area (Å²) in [6.07, 6.45) is -2.68. The molecule has 1 fully saturated rings. The number of carbonyl (C=O) groups is 3. The lowest BCUT2D eigenvalue weighted by atomic mass is 10.0. The van der Waals surface area contributed by atoms with Gasteiger partial charge in [-0.3, -0.25) is 14.9 Å². The van der Waals surface area contributed by atoms with Gasteiger partial charge in [-0.05, 0) is 42.0 Å². The van der Waals surface area contributed by atoms with Crippen LogP contribution in [0.4, 0.5) is 5.95 Å². The first kappa shape index (κ1) is 28.4. The number of imidazole rings is 1. The van der Waals surface area contributed by atoms with Crippen LogP contribution in [0.2, 0.25) is 10.0 Å². The van der Waals surface area contributed by atoms with E-state index in [0.29, 0.717) is 32.4 Å².